The van der Waals surface area contributed by atoms with Crippen molar-refractivity contribution in [1.29, 1.82) is 0 Å². The lowest BCUT2D eigenvalue weighted by molar-refractivity contribution is -0.132. The van der Waals surface area contributed by atoms with Gasteiger partial charge in [0.1, 0.15) is 12.4 Å². The van der Waals surface area contributed by atoms with Gasteiger partial charge in [-0.15, -0.1) is 0 Å². The standard InChI is InChI=1S/C18H25N7O2/c1-9-6-13-14(22-24-21-13)7-10(9)12-8-15(26)25-17(20-12)16(18(27)23-25)11-4-2-3-5-19-11/h2-5,8-10,13-14,16-18,20-24,27H,6-7H2,1H3. The molecule has 5 rings (SSSR count). The Balaban J connectivity index is 1.42. The van der Waals surface area contributed by atoms with E-state index in [1.54, 1.807) is 12.3 Å². The molecular weight excluding hydrogens is 346 g/mol. The number of aliphatic hydroxyl groups excluding tert-OH is 1. The molecule has 3 fully saturated rings. The number of pyridine rings is 1. The number of aliphatic hydroxyl groups is 1. The fourth-order valence-electron chi connectivity index (χ4n) is 4.90. The molecule has 0 bridgehead atoms. The van der Waals surface area contributed by atoms with E-state index in [-0.39, 0.29) is 23.9 Å². The fraction of sp³-hybridized carbons (Fsp3) is 0.556. The van der Waals surface area contributed by atoms with Gasteiger partial charge in [-0.05, 0) is 30.9 Å². The number of amides is 1. The SMILES string of the molecule is CC1CC2NNNC2CC1C1=CC(=O)N2NC(O)C(c3ccccn3)C2N1. The molecule has 0 radical (unpaired) electrons. The van der Waals surface area contributed by atoms with Gasteiger partial charge in [-0.2, -0.15) is 5.53 Å². The maximum atomic E-state index is 12.8. The molecule has 1 aromatic heterocycles. The van der Waals surface area contributed by atoms with Gasteiger partial charge in [-0.3, -0.25) is 9.78 Å². The molecule has 6 N–H and O–H groups in total. The number of hydrogen-bond donors (Lipinski definition) is 6. The Morgan fingerprint density at radius 1 is 1.22 bits per heavy atom. The number of allylic oxidation sites excluding steroid dienone is 1. The van der Waals surface area contributed by atoms with Crippen LogP contribution < -0.4 is 27.1 Å². The second-order valence-corrected chi connectivity index (χ2v) is 7.93. The summed E-state index contributed by atoms with van der Waals surface area (Å²) < 4.78 is 0. The van der Waals surface area contributed by atoms with Crippen molar-refractivity contribution in [2.45, 2.75) is 50.2 Å². The highest BCUT2D eigenvalue weighted by molar-refractivity contribution is 5.89. The van der Waals surface area contributed by atoms with Gasteiger partial charge in [0, 0.05) is 36.0 Å². The maximum absolute atomic E-state index is 12.8. The summed E-state index contributed by atoms with van der Waals surface area (Å²) in [6.45, 7) is 2.23. The highest BCUT2D eigenvalue weighted by atomic mass is 16.3. The van der Waals surface area contributed by atoms with Gasteiger partial charge < -0.3 is 10.4 Å². The van der Waals surface area contributed by atoms with Gasteiger partial charge in [0.05, 0.1) is 11.6 Å². The van der Waals surface area contributed by atoms with Crippen molar-refractivity contribution in [2.75, 3.05) is 0 Å². The van der Waals surface area contributed by atoms with Gasteiger partial charge in [-0.1, -0.05) is 13.0 Å². The van der Waals surface area contributed by atoms with Crippen LogP contribution in [0.25, 0.3) is 0 Å². The third-order valence-corrected chi connectivity index (χ3v) is 6.31. The summed E-state index contributed by atoms with van der Waals surface area (Å²) in [5.41, 5.74) is 14.2. The van der Waals surface area contributed by atoms with E-state index >= 15 is 0 Å². The summed E-state index contributed by atoms with van der Waals surface area (Å²) in [6.07, 6.45) is 4.12. The van der Waals surface area contributed by atoms with Crippen LogP contribution in [-0.4, -0.2) is 45.5 Å². The Labute approximate surface area is 157 Å². The highest BCUT2D eigenvalue weighted by Crippen LogP contribution is 2.38. The number of nitrogens with one attached hydrogen (secondary N) is 5. The van der Waals surface area contributed by atoms with E-state index in [2.05, 4.69) is 39.0 Å². The summed E-state index contributed by atoms with van der Waals surface area (Å²) in [5, 5.41) is 15.6. The number of hydrogen-bond acceptors (Lipinski definition) is 8. The predicted molar refractivity (Wildman–Crippen MR) is 96.8 cm³/mol. The lowest BCUT2D eigenvalue weighted by Gasteiger charge is -2.41. The van der Waals surface area contributed by atoms with E-state index in [9.17, 15) is 9.90 Å². The Kier molecular flexibility index (Phi) is 4.14. The van der Waals surface area contributed by atoms with Crippen molar-refractivity contribution < 1.29 is 9.90 Å². The summed E-state index contributed by atoms with van der Waals surface area (Å²) in [7, 11) is 0. The van der Waals surface area contributed by atoms with Gasteiger partial charge in [0.2, 0.25) is 0 Å². The predicted octanol–water partition coefficient (Wildman–Crippen LogP) is -0.961. The number of fused-ring (bicyclic) bond motifs is 2. The minimum absolute atomic E-state index is 0.129. The lowest BCUT2D eigenvalue weighted by atomic mass is 9.73. The molecule has 1 saturated carbocycles. The first-order valence-corrected chi connectivity index (χ1v) is 9.54. The van der Waals surface area contributed by atoms with Crippen LogP contribution in [-0.2, 0) is 4.79 Å². The maximum Gasteiger partial charge on any atom is 0.264 e. The fourth-order valence-corrected chi connectivity index (χ4v) is 4.90. The van der Waals surface area contributed by atoms with Gasteiger partial charge >= 0.3 is 0 Å². The molecule has 4 heterocycles. The summed E-state index contributed by atoms with van der Waals surface area (Å²) in [4.78, 5) is 17.2. The third kappa shape index (κ3) is 2.82. The molecule has 4 aliphatic rings. The minimum Gasteiger partial charge on any atom is -0.376 e. The van der Waals surface area contributed by atoms with Crippen molar-refractivity contribution >= 4 is 5.91 Å². The highest BCUT2D eigenvalue weighted by Gasteiger charge is 2.48. The second-order valence-electron chi connectivity index (χ2n) is 7.93. The van der Waals surface area contributed by atoms with Crippen molar-refractivity contribution in [3.05, 3.63) is 41.9 Å². The summed E-state index contributed by atoms with van der Waals surface area (Å²) in [5.74, 6) is 0.231. The molecule has 7 unspecified atom stereocenters. The molecule has 9 heteroatoms. The molecule has 144 valence electrons. The quantitative estimate of drug-likeness (QED) is 0.394. The molecule has 9 nitrogen and oxygen atoms in total. The van der Waals surface area contributed by atoms with Crippen LogP contribution in [0.2, 0.25) is 0 Å². The average Bonchev–Trinajstić information content (AvgIpc) is 3.25. The zero-order valence-corrected chi connectivity index (χ0v) is 15.1. The Hall–Kier alpha value is -2.04. The Morgan fingerprint density at radius 3 is 2.81 bits per heavy atom. The van der Waals surface area contributed by atoms with Crippen LogP contribution in [0.1, 0.15) is 31.4 Å². The number of rotatable bonds is 2. The molecule has 0 spiro atoms. The first-order chi connectivity index (χ1) is 13.1. The molecule has 7 atom stereocenters. The van der Waals surface area contributed by atoms with E-state index < -0.39 is 6.23 Å². The first-order valence-electron chi connectivity index (χ1n) is 9.54. The van der Waals surface area contributed by atoms with Gasteiger partial charge in [0.25, 0.3) is 5.91 Å². The zero-order valence-electron chi connectivity index (χ0n) is 15.1. The van der Waals surface area contributed by atoms with E-state index in [0.29, 0.717) is 18.0 Å². The van der Waals surface area contributed by atoms with E-state index in [4.69, 9.17) is 0 Å². The number of hydrazine groups is 3. The zero-order chi connectivity index (χ0) is 18.5. The smallest absolute Gasteiger partial charge is 0.264 e. The third-order valence-electron chi connectivity index (χ3n) is 6.31. The van der Waals surface area contributed by atoms with Crippen LogP contribution in [0, 0.1) is 11.8 Å². The number of aromatic nitrogens is 1. The van der Waals surface area contributed by atoms with Crippen LogP contribution in [0.15, 0.2) is 36.2 Å². The largest absolute Gasteiger partial charge is 0.376 e. The van der Waals surface area contributed by atoms with Crippen LogP contribution in [0.4, 0.5) is 0 Å². The monoisotopic (exact) mass is 371 g/mol. The molecule has 1 amide bonds. The molecule has 2 saturated heterocycles. The second kappa shape index (κ2) is 6.54. The normalized spacial score (nSPS) is 41.0. The van der Waals surface area contributed by atoms with Gasteiger partial charge in [0.15, 0.2) is 0 Å². The van der Waals surface area contributed by atoms with Crippen LogP contribution in [0.3, 0.4) is 0 Å². The first kappa shape index (κ1) is 17.1. The topological polar surface area (TPSA) is 114 Å². The van der Waals surface area contributed by atoms with Crippen molar-refractivity contribution in [2.24, 2.45) is 11.8 Å². The van der Waals surface area contributed by atoms with Gasteiger partial charge in [-0.25, -0.2) is 21.3 Å². The van der Waals surface area contributed by atoms with E-state index in [1.165, 1.54) is 5.01 Å². The summed E-state index contributed by atoms with van der Waals surface area (Å²) in [6, 6.07) is 6.37. The van der Waals surface area contributed by atoms with Crippen molar-refractivity contribution in [3.63, 3.8) is 0 Å². The summed E-state index contributed by atoms with van der Waals surface area (Å²) >= 11 is 0. The van der Waals surface area contributed by atoms with Crippen LogP contribution in [0.5, 0.6) is 0 Å². The van der Waals surface area contributed by atoms with Crippen molar-refractivity contribution in [3.8, 4) is 0 Å². The van der Waals surface area contributed by atoms with E-state index in [0.717, 1.165) is 24.2 Å². The lowest BCUT2D eigenvalue weighted by Crippen LogP contribution is -2.55. The molecular formula is C18H25N7O2. The molecule has 1 aliphatic carbocycles. The average molecular weight is 371 g/mol. The minimum atomic E-state index is -0.868. The Bertz CT molecular complexity index is 757. The van der Waals surface area contributed by atoms with Crippen molar-refractivity contribution in [1.82, 2.24) is 37.1 Å². The number of carbonyl (C=O) groups excluding carboxylic acids is 1. The molecule has 1 aromatic rings. The Morgan fingerprint density at radius 2 is 2.04 bits per heavy atom. The molecule has 0 aromatic carbocycles. The molecule has 3 aliphatic heterocycles. The number of nitrogens with zero attached hydrogens (tertiary/aromatic N) is 2. The van der Waals surface area contributed by atoms with Crippen LogP contribution >= 0.6 is 0 Å². The number of carbonyl (C=O) groups is 1. The molecule has 27 heavy (non-hydrogen) atoms. The van der Waals surface area contributed by atoms with E-state index in [1.807, 2.05) is 18.2 Å².